The summed E-state index contributed by atoms with van der Waals surface area (Å²) >= 11 is 6.44. The molecule has 0 unspecified atom stereocenters. The number of anilines is 2. The van der Waals surface area contributed by atoms with E-state index in [-0.39, 0.29) is 13.0 Å². The van der Waals surface area contributed by atoms with Crippen LogP contribution in [-0.4, -0.2) is 28.9 Å². The van der Waals surface area contributed by atoms with E-state index in [0.29, 0.717) is 39.0 Å². The number of halogens is 1. The van der Waals surface area contributed by atoms with E-state index in [1.807, 2.05) is 42.5 Å². The maximum atomic E-state index is 13.1. The van der Waals surface area contributed by atoms with Gasteiger partial charge in [-0.25, -0.2) is 9.69 Å². The number of aryl methyl sites for hydroxylation is 1. The second-order valence-corrected chi connectivity index (χ2v) is 8.19. The minimum atomic E-state index is -0.892. The molecule has 7 nitrogen and oxygen atoms in total. The summed E-state index contributed by atoms with van der Waals surface area (Å²) < 4.78 is 11.0. The summed E-state index contributed by atoms with van der Waals surface area (Å²) in [6.07, 6.45) is -0.670. The Hall–Kier alpha value is -4.10. The molecule has 0 bridgehead atoms. The van der Waals surface area contributed by atoms with Gasteiger partial charge in [-0.05, 0) is 48.7 Å². The number of rotatable bonds is 7. The van der Waals surface area contributed by atoms with Gasteiger partial charge < -0.3 is 14.4 Å². The Morgan fingerprint density at radius 2 is 1.69 bits per heavy atom. The van der Waals surface area contributed by atoms with Crippen molar-refractivity contribution in [2.24, 2.45) is 0 Å². The lowest BCUT2D eigenvalue weighted by atomic mass is 9.99. The normalized spacial score (nSPS) is 10.7. The quantitative estimate of drug-likeness (QED) is 0.303. The van der Waals surface area contributed by atoms with E-state index in [9.17, 15) is 9.59 Å². The van der Waals surface area contributed by atoms with Gasteiger partial charge in [-0.2, -0.15) is 0 Å². The Labute approximate surface area is 207 Å². The van der Waals surface area contributed by atoms with Crippen LogP contribution >= 0.6 is 11.6 Å². The first kappa shape index (κ1) is 24.0. The fraction of sp³-hybridized carbons (Fsp3) is 0.148. The van der Waals surface area contributed by atoms with Gasteiger partial charge in [0.2, 0.25) is 0 Å². The molecule has 1 aromatic heterocycles. The molecule has 0 radical (unpaired) electrons. The highest BCUT2D eigenvalue weighted by Crippen LogP contribution is 2.41. The molecule has 0 saturated carbocycles. The zero-order chi connectivity index (χ0) is 24.9. The molecule has 8 heteroatoms. The zero-order valence-corrected chi connectivity index (χ0v) is 20.0. The molecule has 1 N–H and O–H groups in total. The molecule has 1 amide bonds. The van der Waals surface area contributed by atoms with Crippen molar-refractivity contribution in [3.05, 3.63) is 89.1 Å². The molecule has 0 atom stereocenters. The van der Waals surface area contributed by atoms with Crippen molar-refractivity contribution in [3.8, 4) is 22.5 Å². The molecule has 0 fully saturated rings. The van der Waals surface area contributed by atoms with Gasteiger partial charge in [-0.3, -0.25) is 4.79 Å². The van der Waals surface area contributed by atoms with E-state index in [0.717, 1.165) is 11.1 Å². The van der Waals surface area contributed by atoms with Gasteiger partial charge in [0.05, 0.1) is 23.7 Å². The first-order chi connectivity index (χ1) is 16.9. The van der Waals surface area contributed by atoms with Crippen LogP contribution in [0.25, 0.3) is 22.5 Å². The van der Waals surface area contributed by atoms with E-state index in [1.165, 1.54) is 4.90 Å². The largest absolute Gasteiger partial charge is 0.481 e. The fourth-order valence-corrected chi connectivity index (χ4v) is 4.04. The number of nitrogens with zero attached hydrogens (tertiary/aromatic N) is 2. The molecule has 0 aliphatic rings. The van der Waals surface area contributed by atoms with E-state index in [2.05, 4.69) is 5.16 Å². The lowest BCUT2D eigenvalue weighted by molar-refractivity contribution is -0.136. The molecule has 0 saturated heterocycles. The Bertz CT molecular complexity index is 1380. The van der Waals surface area contributed by atoms with E-state index >= 15 is 0 Å². The van der Waals surface area contributed by atoms with Crippen LogP contribution in [0, 0.1) is 6.92 Å². The lowest BCUT2D eigenvalue weighted by Crippen LogP contribution is -2.27. The predicted octanol–water partition coefficient (Wildman–Crippen LogP) is 6.89. The van der Waals surface area contributed by atoms with Crippen LogP contribution < -0.4 is 4.90 Å². The van der Waals surface area contributed by atoms with Crippen molar-refractivity contribution in [1.29, 1.82) is 0 Å². The number of carboxylic acid groups (broad SMARTS) is 1. The van der Waals surface area contributed by atoms with Crippen molar-refractivity contribution in [2.75, 3.05) is 11.5 Å². The topological polar surface area (TPSA) is 92.9 Å². The number of carbonyl (C=O) groups is 2. The average Bonchev–Trinajstić information content (AvgIpc) is 3.21. The number of hydrogen-bond donors (Lipinski definition) is 1. The molecule has 35 heavy (non-hydrogen) atoms. The molecule has 0 aliphatic heterocycles. The predicted molar refractivity (Wildman–Crippen MR) is 134 cm³/mol. The van der Waals surface area contributed by atoms with Crippen molar-refractivity contribution in [1.82, 2.24) is 5.16 Å². The van der Waals surface area contributed by atoms with Gasteiger partial charge in [0.1, 0.15) is 11.4 Å². The third-order valence-corrected chi connectivity index (χ3v) is 5.66. The lowest BCUT2D eigenvalue weighted by Gasteiger charge is -2.23. The first-order valence-corrected chi connectivity index (χ1v) is 11.4. The number of ether oxygens (including phenoxy) is 1. The van der Waals surface area contributed by atoms with E-state index in [1.54, 1.807) is 44.2 Å². The molecular weight excluding hydrogens is 468 g/mol. The summed E-state index contributed by atoms with van der Waals surface area (Å²) in [4.78, 5) is 25.6. The summed E-state index contributed by atoms with van der Waals surface area (Å²) in [7, 11) is 0. The van der Waals surface area contributed by atoms with Gasteiger partial charge in [0.15, 0.2) is 5.76 Å². The van der Waals surface area contributed by atoms with Crippen LogP contribution in [0.2, 0.25) is 5.02 Å². The number of carboxylic acids is 1. The van der Waals surface area contributed by atoms with Crippen LogP contribution in [0.1, 0.15) is 18.2 Å². The standard InChI is InChI=1S/C27H23ClN2O5/c1-3-34-27(33)30(23-13-5-4-12-22(23)28)25-17(2)29-35-26(25)21-11-7-10-20(16-21)19-9-6-8-18(14-19)15-24(31)32/h4-14,16H,3,15H2,1-2H3,(H,31,32). The molecule has 4 aromatic rings. The zero-order valence-electron chi connectivity index (χ0n) is 19.2. The van der Waals surface area contributed by atoms with Crippen LogP contribution in [0.15, 0.2) is 77.3 Å². The van der Waals surface area contributed by atoms with Crippen molar-refractivity contribution < 1.29 is 24.0 Å². The van der Waals surface area contributed by atoms with E-state index < -0.39 is 12.1 Å². The molecule has 4 rings (SSSR count). The van der Waals surface area contributed by atoms with Gasteiger partial charge in [-0.15, -0.1) is 0 Å². The van der Waals surface area contributed by atoms with Crippen LogP contribution in [0.4, 0.5) is 16.2 Å². The Kier molecular flexibility index (Phi) is 7.17. The Balaban J connectivity index is 1.82. The highest BCUT2D eigenvalue weighted by Gasteiger charge is 2.30. The molecule has 3 aromatic carbocycles. The second-order valence-electron chi connectivity index (χ2n) is 7.78. The van der Waals surface area contributed by atoms with Crippen molar-refractivity contribution >= 4 is 35.0 Å². The van der Waals surface area contributed by atoms with Gasteiger partial charge >= 0.3 is 12.1 Å². The molecule has 0 aliphatic carbocycles. The van der Waals surface area contributed by atoms with Gasteiger partial charge in [-0.1, -0.05) is 71.4 Å². The smallest absolute Gasteiger partial charge is 0.419 e. The SMILES string of the molecule is CCOC(=O)N(c1ccccc1Cl)c1c(C)noc1-c1cccc(-c2cccc(CC(=O)O)c2)c1. The monoisotopic (exact) mass is 490 g/mol. The number of carbonyl (C=O) groups excluding carboxylic acids is 1. The number of benzene rings is 3. The van der Waals surface area contributed by atoms with Crippen LogP contribution in [0.3, 0.4) is 0 Å². The maximum absolute atomic E-state index is 13.1. The summed E-state index contributed by atoms with van der Waals surface area (Å²) in [6, 6.07) is 21.9. The maximum Gasteiger partial charge on any atom is 0.419 e. The highest BCUT2D eigenvalue weighted by atomic mass is 35.5. The Morgan fingerprint density at radius 3 is 2.40 bits per heavy atom. The molecule has 0 spiro atoms. The number of aliphatic carboxylic acids is 1. The number of aromatic nitrogens is 1. The fourth-order valence-electron chi connectivity index (χ4n) is 3.82. The summed E-state index contributed by atoms with van der Waals surface area (Å²) in [6.45, 7) is 3.65. The summed E-state index contributed by atoms with van der Waals surface area (Å²) in [5.41, 5.74) is 4.45. The van der Waals surface area contributed by atoms with Crippen molar-refractivity contribution in [3.63, 3.8) is 0 Å². The highest BCUT2D eigenvalue weighted by molar-refractivity contribution is 6.34. The third-order valence-electron chi connectivity index (χ3n) is 5.34. The molecule has 1 heterocycles. The third kappa shape index (κ3) is 5.20. The molecular formula is C27H23ClN2O5. The van der Waals surface area contributed by atoms with Gasteiger partial charge in [0, 0.05) is 5.56 Å². The summed E-state index contributed by atoms with van der Waals surface area (Å²) in [5.74, 6) is -0.518. The second kappa shape index (κ2) is 10.4. The average molecular weight is 491 g/mol. The van der Waals surface area contributed by atoms with Crippen molar-refractivity contribution in [2.45, 2.75) is 20.3 Å². The molecule has 178 valence electrons. The van der Waals surface area contributed by atoms with E-state index in [4.69, 9.17) is 26.0 Å². The minimum Gasteiger partial charge on any atom is -0.481 e. The van der Waals surface area contributed by atoms with Crippen LogP contribution in [0.5, 0.6) is 0 Å². The first-order valence-electron chi connectivity index (χ1n) is 11.0. The van der Waals surface area contributed by atoms with Gasteiger partial charge in [0.25, 0.3) is 0 Å². The summed E-state index contributed by atoms with van der Waals surface area (Å²) in [5, 5.41) is 13.6. The van der Waals surface area contributed by atoms with Crippen LogP contribution in [-0.2, 0) is 16.0 Å². The number of hydrogen-bond acceptors (Lipinski definition) is 5. The number of amides is 1. The number of para-hydroxylation sites is 1. The minimum absolute atomic E-state index is 0.0642. The Morgan fingerprint density at radius 1 is 1.00 bits per heavy atom.